The lowest BCUT2D eigenvalue weighted by atomic mass is 10.1. The van der Waals surface area contributed by atoms with Crippen molar-refractivity contribution in [2.75, 3.05) is 12.0 Å². The summed E-state index contributed by atoms with van der Waals surface area (Å²) in [5.41, 5.74) is 0. The Kier molecular flexibility index (Phi) is 6.36. The molecule has 0 aromatic carbocycles. The second-order valence-electron chi connectivity index (χ2n) is 3.34. The fourth-order valence-corrected chi connectivity index (χ4v) is 1.30. The molecule has 0 radical (unpaired) electrons. The Hall–Kier alpha value is -0.710. The number of nitrogens with one attached hydrogen (secondary N) is 1. The molecule has 5 heteroatoms. The van der Waals surface area contributed by atoms with Crippen LogP contribution in [0.4, 0.5) is 0 Å². The maximum absolute atomic E-state index is 11.2. The first-order valence-corrected chi connectivity index (χ1v) is 5.90. The van der Waals surface area contributed by atoms with Crippen LogP contribution in [0.15, 0.2) is 0 Å². The molecule has 0 aliphatic heterocycles. The molecule has 4 nitrogen and oxygen atoms in total. The summed E-state index contributed by atoms with van der Waals surface area (Å²) in [4.78, 5) is 22.0. The number of rotatable bonds is 6. The first-order chi connectivity index (χ1) is 6.49. The van der Waals surface area contributed by atoms with Crippen molar-refractivity contribution < 1.29 is 14.7 Å². The van der Waals surface area contributed by atoms with Gasteiger partial charge >= 0.3 is 5.97 Å². The van der Waals surface area contributed by atoms with Crippen molar-refractivity contribution in [2.45, 2.75) is 26.3 Å². The second kappa shape index (κ2) is 6.70. The molecule has 82 valence electrons. The average Bonchev–Trinajstić information content (AvgIpc) is 2.10. The third-order valence-corrected chi connectivity index (χ3v) is 2.39. The monoisotopic (exact) mass is 219 g/mol. The minimum absolute atomic E-state index is 0.175. The maximum atomic E-state index is 11.2. The molecule has 0 rings (SSSR count). The lowest BCUT2D eigenvalue weighted by Crippen LogP contribution is -2.42. The van der Waals surface area contributed by atoms with Gasteiger partial charge in [-0.3, -0.25) is 4.79 Å². The van der Waals surface area contributed by atoms with E-state index in [4.69, 9.17) is 5.11 Å². The first-order valence-electron chi connectivity index (χ1n) is 4.51. The second-order valence-corrected chi connectivity index (χ2v) is 4.32. The third-order valence-electron chi connectivity index (χ3n) is 1.75. The lowest BCUT2D eigenvalue weighted by Gasteiger charge is -2.15. The molecule has 14 heavy (non-hydrogen) atoms. The van der Waals surface area contributed by atoms with Gasteiger partial charge in [0, 0.05) is 5.92 Å². The van der Waals surface area contributed by atoms with Gasteiger partial charge in [-0.15, -0.1) is 0 Å². The van der Waals surface area contributed by atoms with Crippen LogP contribution in [0.3, 0.4) is 0 Å². The summed E-state index contributed by atoms with van der Waals surface area (Å²) in [6, 6.07) is -0.752. The van der Waals surface area contributed by atoms with Crippen LogP contribution < -0.4 is 5.32 Å². The Morgan fingerprint density at radius 2 is 2.00 bits per heavy atom. The molecular formula is C9H17NO3S. The van der Waals surface area contributed by atoms with E-state index in [0.717, 1.165) is 5.75 Å². The van der Waals surface area contributed by atoms with Crippen molar-refractivity contribution in [3.05, 3.63) is 0 Å². The summed E-state index contributed by atoms with van der Waals surface area (Å²) < 4.78 is 0. The van der Waals surface area contributed by atoms with Crippen molar-refractivity contribution in [1.82, 2.24) is 5.32 Å². The van der Waals surface area contributed by atoms with Gasteiger partial charge in [0.15, 0.2) is 0 Å². The molecule has 0 fully saturated rings. The number of carbonyl (C=O) groups excluding carboxylic acids is 1. The average molecular weight is 219 g/mol. The highest BCUT2D eigenvalue weighted by Gasteiger charge is 2.20. The molecule has 0 aromatic rings. The SMILES string of the molecule is CSCCC(NC(=O)C(C)C)C(=O)O. The van der Waals surface area contributed by atoms with Crippen LogP contribution in [-0.2, 0) is 9.59 Å². The molecule has 0 aliphatic rings. The van der Waals surface area contributed by atoms with Gasteiger partial charge in [-0.2, -0.15) is 11.8 Å². The Balaban J connectivity index is 4.09. The number of amides is 1. The number of carboxylic acid groups (broad SMARTS) is 1. The van der Waals surface area contributed by atoms with E-state index in [1.807, 2.05) is 6.26 Å². The molecule has 0 aromatic heterocycles. The number of hydrogen-bond donors (Lipinski definition) is 2. The van der Waals surface area contributed by atoms with Crippen LogP contribution in [0.1, 0.15) is 20.3 Å². The Bertz CT molecular complexity index is 206. The van der Waals surface area contributed by atoms with Crippen molar-refractivity contribution in [3.63, 3.8) is 0 Å². The van der Waals surface area contributed by atoms with E-state index in [-0.39, 0.29) is 11.8 Å². The number of aliphatic carboxylic acids is 1. The van der Waals surface area contributed by atoms with Gasteiger partial charge in [-0.1, -0.05) is 13.8 Å². The van der Waals surface area contributed by atoms with Gasteiger partial charge in [-0.25, -0.2) is 4.79 Å². The minimum Gasteiger partial charge on any atom is -0.480 e. The molecule has 0 saturated carbocycles. The van der Waals surface area contributed by atoms with Gasteiger partial charge in [0.1, 0.15) is 6.04 Å². The molecular weight excluding hydrogens is 202 g/mol. The molecule has 0 bridgehead atoms. The highest BCUT2D eigenvalue weighted by molar-refractivity contribution is 7.98. The summed E-state index contributed by atoms with van der Waals surface area (Å²) in [7, 11) is 0. The van der Waals surface area contributed by atoms with E-state index in [0.29, 0.717) is 6.42 Å². The zero-order chi connectivity index (χ0) is 11.1. The summed E-state index contributed by atoms with van der Waals surface area (Å²) >= 11 is 1.57. The van der Waals surface area contributed by atoms with E-state index in [1.165, 1.54) is 0 Å². The van der Waals surface area contributed by atoms with Crippen LogP contribution in [0.2, 0.25) is 0 Å². The predicted molar refractivity (Wildman–Crippen MR) is 57.4 cm³/mol. The molecule has 0 saturated heterocycles. The van der Waals surface area contributed by atoms with E-state index < -0.39 is 12.0 Å². The van der Waals surface area contributed by atoms with Gasteiger partial charge in [0.25, 0.3) is 0 Å². The van der Waals surface area contributed by atoms with Crippen molar-refractivity contribution >= 4 is 23.6 Å². The third kappa shape index (κ3) is 5.11. The standard InChI is InChI=1S/C9H17NO3S/c1-6(2)8(11)10-7(9(12)13)4-5-14-3/h6-7H,4-5H2,1-3H3,(H,10,11)(H,12,13). The summed E-state index contributed by atoms with van der Waals surface area (Å²) in [6.45, 7) is 3.48. The molecule has 1 amide bonds. The van der Waals surface area contributed by atoms with E-state index in [9.17, 15) is 9.59 Å². The van der Waals surface area contributed by atoms with Gasteiger partial charge < -0.3 is 10.4 Å². The van der Waals surface area contributed by atoms with Gasteiger partial charge in [0.05, 0.1) is 0 Å². The van der Waals surface area contributed by atoms with Gasteiger partial charge in [-0.05, 0) is 18.4 Å². The van der Waals surface area contributed by atoms with Crippen LogP contribution in [0, 0.1) is 5.92 Å². The van der Waals surface area contributed by atoms with Crippen molar-refractivity contribution in [2.24, 2.45) is 5.92 Å². The van der Waals surface area contributed by atoms with Crippen LogP contribution in [0.5, 0.6) is 0 Å². The number of hydrogen-bond acceptors (Lipinski definition) is 3. The zero-order valence-electron chi connectivity index (χ0n) is 8.74. The topological polar surface area (TPSA) is 66.4 Å². The Morgan fingerprint density at radius 1 is 1.43 bits per heavy atom. The van der Waals surface area contributed by atoms with E-state index in [1.54, 1.807) is 25.6 Å². The Morgan fingerprint density at radius 3 is 2.36 bits per heavy atom. The quantitative estimate of drug-likeness (QED) is 0.698. The molecule has 1 atom stereocenters. The lowest BCUT2D eigenvalue weighted by molar-refractivity contribution is -0.142. The number of carboxylic acids is 1. The highest BCUT2D eigenvalue weighted by atomic mass is 32.2. The molecule has 0 spiro atoms. The van der Waals surface area contributed by atoms with Crippen LogP contribution in [0.25, 0.3) is 0 Å². The van der Waals surface area contributed by atoms with Gasteiger partial charge in [0.2, 0.25) is 5.91 Å². The fourth-order valence-electron chi connectivity index (χ4n) is 0.831. The molecule has 0 heterocycles. The van der Waals surface area contributed by atoms with Crippen molar-refractivity contribution in [1.29, 1.82) is 0 Å². The molecule has 2 N–H and O–H groups in total. The smallest absolute Gasteiger partial charge is 0.326 e. The minimum atomic E-state index is -0.965. The van der Waals surface area contributed by atoms with Crippen LogP contribution in [-0.4, -0.2) is 35.0 Å². The Labute approximate surface area is 88.4 Å². The van der Waals surface area contributed by atoms with Crippen molar-refractivity contribution in [3.8, 4) is 0 Å². The highest BCUT2D eigenvalue weighted by Crippen LogP contribution is 2.02. The van der Waals surface area contributed by atoms with Crippen LogP contribution >= 0.6 is 11.8 Å². The molecule has 0 aliphatic carbocycles. The first kappa shape index (κ1) is 13.3. The molecule has 1 unspecified atom stereocenters. The predicted octanol–water partition coefficient (Wildman–Crippen LogP) is 0.965. The maximum Gasteiger partial charge on any atom is 0.326 e. The normalized spacial score (nSPS) is 12.6. The summed E-state index contributed by atoms with van der Waals surface area (Å²) in [6.07, 6.45) is 2.37. The summed E-state index contributed by atoms with van der Waals surface area (Å²) in [5, 5.41) is 11.3. The number of carbonyl (C=O) groups is 2. The fraction of sp³-hybridized carbons (Fsp3) is 0.778. The van der Waals surface area contributed by atoms with E-state index in [2.05, 4.69) is 5.32 Å². The largest absolute Gasteiger partial charge is 0.480 e. The zero-order valence-corrected chi connectivity index (χ0v) is 9.56. The number of thioether (sulfide) groups is 1. The summed E-state index contributed by atoms with van der Waals surface area (Å²) in [5.74, 6) is -0.618. The van der Waals surface area contributed by atoms with E-state index >= 15 is 0 Å².